The number of amides is 3. The smallest absolute Gasteiger partial charge is 0.409 e. The SMILES string of the molecule is CCOC(=O)N1CCN(C(=O)CC(=O)Nc2ccc(F)cc2F)CC1. The number of halogens is 2. The lowest BCUT2D eigenvalue weighted by Gasteiger charge is -2.34. The first-order valence-electron chi connectivity index (χ1n) is 7.85. The van der Waals surface area contributed by atoms with Gasteiger partial charge in [0.2, 0.25) is 11.8 Å². The Balaban J connectivity index is 1.82. The third-order valence-electron chi connectivity index (χ3n) is 3.68. The van der Waals surface area contributed by atoms with Gasteiger partial charge in [-0.15, -0.1) is 0 Å². The second kappa shape index (κ2) is 8.41. The van der Waals surface area contributed by atoms with Crippen LogP contribution in [0.5, 0.6) is 0 Å². The summed E-state index contributed by atoms with van der Waals surface area (Å²) in [6.45, 7) is 3.20. The molecule has 25 heavy (non-hydrogen) atoms. The summed E-state index contributed by atoms with van der Waals surface area (Å²) >= 11 is 0. The van der Waals surface area contributed by atoms with E-state index in [-0.39, 0.29) is 25.4 Å². The summed E-state index contributed by atoms with van der Waals surface area (Å²) in [5.41, 5.74) is -0.189. The topological polar surface area (TPSA) is 79.0 Å². The van der Waals surface area contributed by atoms with Crippen molar-refractivity contribution in [3.05, 3.63) is 29.8 Å². The maximum absolute atomic E-state index is 13.5. The summed E-state index contributed by atoms with van der Waals surface area (Å²) < 4.78 is 31.2. The summed E-state index contributed by atoms with van der Waals surface area (Å²) in [5.74, 6) is -2.79. The van der Waals surface area contributed by atoms with Crippen LogP contribution in [0, 0.1) is 11.6 Å². The van der Waals surface area contributed by atoms with Gasteiger partial charge in [0, 0.05) is 32.2 Å². The van der Waals surface area contributed by atoms with E-state index in [2.05, 4.69) is 5.32 Å². The maximum Gasteiger partial charge on any atom is 0.409 e. The first kappa shape index (κ1) is 18.6. The van der Waals surface area contributed by atoms with E-state index in [1.165, 1.54) is 9.80 Å². The predicted molar refractivity (Wildman–Crippen MR) is 84.8 cm³/mol. The van der Waals surface area contributed by atoms with E-state index in [1.807, 2.05) is 0 Å². The van der Waals surface area contributed by atoms with Crippen LogP contribution < -0.4 is 5.32 Å². The number of nitrogens with zero attached hydrogens (tertiary/aromatic N) is 2. The van der Waals surface area contributed by atoms with Crippen LogP contribution >= 0.6 is 0 Å². The van der Waals surface area contributed by atoms with Crippen molar-refractivity contribution in [3.63, 3.8) is 0 Å². The number of anilines is 1. The van der Waals surface area contributed by atoms with Crippen molar-refractivity contribution in [2.24, 2.45) is 0 Å². The minimum absolute atomic E-state index is 0.189. The van der Waals surface area contributed by atoms with E-state index in [0.717, 1.165) is 12.1 Å². The fraction of sp³-hybridized carbons (Fsp3) is 0.438. The largest absolute Gasteiger partial charge is 0.450 e. The monoisotopic (exact) mass is 355 g/mol. The number of hydrogen-bond donors (Lipinski definition) is 1. The molecule has 2 rings (SSSR count). The lowest BCUT2D eigenvalue weighted by molar-refractivity contribution is -0.135. The van der Waals surface area contributed by atoms with Gasteiger partial charge in [-0.2, -0.15) is 0 Å². The molecule has 1 aliphatic heterocycles. The van der Waals surface area contributed by atoms with Gasteiger partial charge in [0.05, 0.1) is 12.3 Å². The maximum atomic E-state index is 13.5. The molecule has 0 unspecified atom stereocenters. The fourth-order valence-electron chi connectivity index (χ4n) is 2.39. The predicted octanol–water partition coefficient (Wildman–Crippen LogP) is 1.59. The Kier molecular flexibility index (Phi) is 6.26. The van der Waals surface area contributed by atoms with Crippen LogP contribution in [0.3, 0.4) is 0 Å². The van der Waals surface area contributed by atoms with Gasteiger partial charge in [-0.05, 0) is 19.1 Å². The Morgan fingerprint density at radius 1 is 1.12 bits per heavy atom. The van der Waals surface area contributed by atoms with Crippen molar-refractivity contribution >= 4 is 23.6 Å². The number of benzene rings is 1. The molecular formula is C16H19F2N3O4. The summed E-state index contributed by atoms with van der Waals surface area (Å²) in [5, 5.41) is 2.24. The molecule has 1 aliphatic rings. The van der Waals surface area contributed by atoms with Gasteiger partial charge in [-0.3, -0.25) is 9.59 Å². The standard InChI is InChI=1S/C16H19F2N3O4/c1-2-25-16(24)21-7-5-20(6-8-21)15(23)10-14(22)19-13-4-3-11(17)9-12(13)18/h3-4,9H,2,5-8,10H2,1H3,(H,19,22). The molecule has 1 aromatic rings. The number of rotatable bonds is 4. The average molecular weight is 355 g/mol. The molecule has 1 fully saturated rings. The molecule has 7 nitrogen and oxygen atoms in total. The van der Waals surface area contributed by atoms with E-state index in [4.69, 9.17) is 4.74 Å². The normalized spacial score (nSPS) is 14.2. The molecule has 0 radical (unpaired) electrons. The molecule has 1 saturated heterocycles. The highest BCUT2D eigenvalue weighted by molar-refractivity contribution is 6.03. The molecule has 136 valence electrons. The summed E-state index contributed by atoms with van der Waals surface area (Å²) in [6.07, 6.45) is -0.893. The van der Waals surface area contributed by atoms with Gasteiger partial charge in [0.1, 0.15) is 18.1 Å². The average Bonchev–Trinajstić information content (AvgIpc) is 2.57. The van der Waals surface area contributed by atoms with Crippen molar-refractivity contribution in [1.29, 1.82) is 0 Å². The Morgan fingerprint density at radius 2 is 1.76 bits per heavy atom. The lowest BCUT2D eigenvalue weighted by Crippen LogP contribution is -2.51. The minimum atomic E-state index is -0.913. The Labute approximate surface area is 143 Å². The third-order valence-corrected chi connectivity index (χ3v) is 3.68. The van der Waals surface area contributed by atoms with Crippen LogP contribution in [0.15, 0.2) is 18.2 Å². The molecule has 0 aromatic heterocycles. The summed E-state index contributed by atoms with van der Waals surface area (Å²) in [7, 11) is 0. The molecule has 0 spiro atoms. The highest BCUT2D eigenvalue weighted by Gasteiger charge is 2.26. The lowest BCUT2D eigenvalue weighted by atomic mass is 10.2. The molecule has 0 atom stereocenters. The number of carbonyl (C=O) groups is 3. The van der Waals surface area contributed by atoms with Crippen molar-refractivity contribution in [1.82, 2.24) is 9.80 Å². The van der Waals surface area contributed by atoms with E-state index in [1.54, 1.807) is 6.92 Å². The highest BCUT2D eigenvalue weighted by Crippen LogP contribution is 2.15. The third kappa shape index (κ3) is 5.13. The summed E-state index contributed by atoms with van der Waals surface area (Å²) in [4.78, 5) is 38.5. The molecule has 1 aromatic carbocycles. The Hall–Kier alpha value is -2.71. The Bertz CT molecular complexity index is 661. The van der Waals surface area contributed by atoms with Crippen LogP contribution in [0.25, 0.3) is 0 Å². The number of hydrogen-bond acceptors (Lipinski definition) is 4. The molecule has 0 saturated carbocycles. The summed E-state index contributed by atoms with van der Waals surface area (Å²) in [6, 6.07) is 2.74. The molecule has 3 amide bonds. The highest BCUT2D eigenvalue weighted by atomic mass is 19.1. The number of piperazine rings is 1. The number of ether oxygens (including phenoxy) is 1. The minimum Gasteiger partial charge on any atom is -0.450 e. The van der Waals surface area contributed by atoms with E-state index in [0.29, 0.717) is 19.2 Å². The van der Waals surface area contributed by atoms with E-state index < -0.39 is 36.0 Å². The second-order valence-corrected chi connectivity index (χ2v) is 5.42. The van der Waals surface area contributed by atoms with Crippen LogP contribution in [0.4, 0.5) is 19.3 Å². The second-order valence-electron chi connectivity index (χ2n) is 5.42. The van der Waals surface area contributed by atoms with E-state index >= 15 is 0 Å². The van der Waals surface area contributed by atoms with Crippen molar-refractivity contribution in [3.8, 4) is 0 Å². The first-order valence-corrected chi connectivity index (χ1v) is 7.85. The van der Waals surface area contributed by atoms with Crippen LogP contribution in [0.1, 0.15) is 13.3 Å². The van der Waals surface area contributed by atoms with Gasteiger partial charge < -0.3 is 19.9 Å². The zero-order valence-electron chi connectivity index (χ0n) is 13.8. The van der Waals surface area contributed by atoms with Gasteiger partial charge >= 0.3 is 6.09 Å². The van der Waals surface area contributed by atoms with Crippen LogP contribution in [-0.4, -0.2) is 60.5 Å². The van der Waals surface area contributed by atoms with E-state index in [9.17, 15) is 23.2 Å². The zero-order valence-corrected chi connectivity index (χ0v) is 13.8. The first-order chi connectivity index (χ1) is 11.9. The Morgan fingerprint density at radius 3 is 2.36 bits per heavy atom. The zero-order chi connectivity index (χ0) is 18.4. The molecule has 0 bridgehead atoms. The number of nitrogens with one attached hydrogen (secondary N) is 1. The molecule has 1 N–H and O–H groups in total. The quantitative estimate of drug-likeness (QED) is 0.832. The molecular weight excluding hydrogens is 336 g/mol. The van der Waals surface area contributed by atoms with Crippen molar-refractivity contribution in [2.75, 3.05) is 38.1 Å². The molecule has 9 heteroatoms. The molecule has 1 heterocycles. The molecule has 0 aliphatic carbocycles. The van der Waals surface area contributed by atoms with Gasteiger partial charge in [0.15, 0.2) is 0 Å². The van der Waals surface area contributed by atoms with Crippen molar-refractivity contribution < 1.29 is 27.9 Å². The fourth-order valence-corrected chi connectivity index (χ4v) is 2.39. The van der Waals surface area contributed by atoms with Crippen molar-refractivity contribution in [2.45, 2.75) is 13.3 Å². The van der Waals surface area contributed by atoms with Gasteiger partial charge in [-0.1, -0.05) is 0 Å². The van der Waals surface area contributed by atoms with Crippen LogP contribution in [-0.2, 0) is 14.3 Å². The van der Waals surface area contributed by atoms with Gasteiger partial charge in [0.25, 0.3) is 0 Å². The van der Waals surface area contributed by atoms with Gasteiger partial charge in [-0.25, -0.2) is 13.6 Å². The number of carbonyl (C=O) groups excluding carboxylic acids is 3. The van der Waals surface area contributed by atoms with Crippen LogP contribution in [0.2, 0.25) is 0 Å².